The van der Waals surface area contributed by atoms with Crippen molar-refractivity contribution in [3.63, 3.8) is 0 Å². The summed E-state index contributed by atoms with van der Waals surface area (Å²) in [6, 6.07) is 7.77. The van der Waals surface area contributed by atoms with E-state index in [0.717, 1.165) is 23.1 Å². The van der Waals surface area contributed by atoms with Gasteiger partial charge in [-0.15, -0.1) is 11.8 Å². The lowest BCUT2D eigenvalue weighted by Crippen LogP contribution is -2.10. The van der Waals surface area contributed by atoms with Crippen molar-refractivity contribution in [3.05, 3.63) is 29.3 Å². The Balaban J connectivity index is 1.74. The van der Waals surface area contributed by atoms with Gasteiger partial charge in [0.1, 0.15) is 0 Å². The summed E-state index contributed by atoms with van der Waals surface area (Å²) >= 11 is 7.49. The average molecular weight is 243 g/mol. The van der Waals surface area contributed by atoms with Crippen LogP contribution >= 0.6 is 23.4 Å². The summed E-state index contributed by atoms with van der Waals surface area (Å²) in [4.78, 5) is 1.18. The van der Waals surface area contributed by atoms with E-state index in [4.69, 9.17) is 11.6 Å². The van der Waals surface area contributed by atoms with Gasteiger partial charge in [-0.2, -0.15) is 0 Å². The number of hydrogen-bond donors (Lipinski definition) is 1. The van der Waals surface area contributed by atoms with Crippen molar-refractivity contribution in [2.24, 2.45) is 5.92 Å². The van der Waals surface area contributed by atoms with Crippen molar-refractivity contribution >= 4 is 23.4 Å². The van der Waals surface area contributed by atoms with Gasteiger partial charge in [0.15, 0.2) is 0 Å². The van der Waals surface area contributed by atoms with Gasteiger partial charge < -0.3 is 5.11 Å². The molecule has 1 nitrogen and oxygen atoms in total. The van der Waals surface area contributed by atoms with Crippen LogP contribution in [0.1, 0.15) is 19.3 Å². The fraction of sp³-hybridized carbons (Fsp3) is 0.500. The summed E-state index contributed by atoms with van der Waals surface area (Å²) in [5.41, 5.74) is 0. The van der Waals surface area contributed by atoms with Crippen molar-refractivity contribution in [3.8, 4) is 0 Å². The first kappa shape index (κ1) is 11.3. The van der Waals surface area contributed by atoms with Crippen LogP contribution in [0.2, 0.25) is 5.02 Å². The zero-order valence-electron chi connectivity index (χ0n) is 8.53. The van der Waals surface area contributed by atoms with Crippen molar-refractivity contribution < 1.29 is 5.11 Å². The number of halogens is 1. The molecule has 1 unspecified atom stereocenters. The van der Waals surface area contributed by atoms with E-state index in [2.05, 4.69) is 0 Å². The highest BCUT2D eigenvalue weighted by Crippen LogP contribution is 2.34. The molecule has 0 amide bonds. The molecule has 1 aromatic carbocycles. The van der Waals surface area contributed by atoms with Gasteiger partial charge >= 0.3 is 0 Å². The second kappa shape index (κ2) is 5.24. The van der Waals surface area contributed by atoms with Gasteiger partial charge in [0, 0.05) is 15.7 Å². The van der Waals surface area contributed by atoms with Gasteiger partial charge in [-0.25, -0.2) is 0 Å². The number of thioether (sulfide) groups is 1. The maximum atomic E-state index is 9.73. The van der Waals surface area contributed by atoms with Crippen LogP contribution in [0.5, 0.6) is 0 Å². The van der Waals surface area contributed by atoms with Crippen LogP contribution < -0.4 is 0 Å². The Morgan fingerprint density at radius 1 is 1.33 bits per heavy atom. The second-order valence-electron chi connectivity index (χ2n) is 4.10. The zero-order chi connectivity index (χ0) is 10.7. The highest BCUT2D eigenvalue weighted by atomic mass is 35.5. The molecule has 15 heavy (non-hydrogen) atoms. The molecule has 2 rings (SSSR count). The van der Waals surface area contributed by atoms with E-state index in [-0.39, 0.29) is 6.10 Å². The molecule has 0 bridgehead atoms. The van der Waals surface area contributed by atoms with E-state index in [1.807, 2.05) is 24.3 Å². The predicted molar refractivity (Wildman–Crippen MR) is 65.5 cm³/mol. The predicted octanol–water partition coefficient (Wildman–Crippen LogP) is 3.59. The first-order chi connectivity index (χ1) is 7.24. The van der Waals surface area contributed by atoms with Crippen molar-refractivity contribution in [2.75, 3.05) is 5.75 Å². The molecule has 1 N–H and O–H groups in total. The average Bonchev–Trinajstić information content (AvgIpc) is 3.01. The fourth-order valence-electron chi connectivity index (χ4n) is 1.53. The summed E-state index contributed by atoms with van der Waals surface area (Å²) in [5.74, 6) is 1.59. The Hall–Kier alpha value is -0.180. The molecule has 1 atom stereocenters. The lowest BCUT2D eigenvalue weighted by molar-refractivity contribution is 0.182. The van der Waals surface area contributed by atoms with Crippen LogP contribution in [0.3, 0.4) is 0 Å². The minimum absolute atomic E-state index is 0.154. The highest BCUT2D eigenvalue weighted by Gasteiger charge is 2.24. The third-order valence-electron chi connectivity index (χ3n) is 2.56. The summed E-state index contributed by atoms with van der Waals surface area (Å²) in [6.45, 7) is 0. The van der Waals surface area contributed by atoms with Gasteiger partial charge in [0.25, 0.3) is 0 Å². The third-order valence-corrected chi connectivity index (χ3v) is 3.97. The zero-order valence-corrected chi connectivity index (χ0v) is 10.1. The van der Waals surface area contributed by atoms with Crippen LogP contribution in [0.25, 0.3) is 0 Å². The Kier molecular flexibility index (Phi) is 3.95. The Morgan fingerprint density at radius 3 is 2.60 bits per heavy atom. The number of benzene rings is 1. The molecule has 1 aliphatic carbocycles. The SMILES string of the molecule is OC(CSc1ccc(Cl)cc1)CC1CC1. The van der Waals surface area contributed by atoms with E-state index in [9.17, 15) is 5.11 Å². The van der Waals surface area contributed by atoms with Gasteiger partial charge in [-0.1, -0.05) is 24.4 Å². The standard InChI is InChI=1S/C12H15ClOS/c13-10-3-5-12(6-4-10)15-8-11(14)7-9-1-2-9/h3-6,9,11,14H,1-2,7-8H2. The molecule has 1 aliphatic rings. The fourth-order valence-corrected chi connectivity index (χ4v) is 2.51. The van der Waals surface area contributed by atoms with Crippen molar-refractivity contribution in [1.82, 2.24) is 0 Å². The van der Waals surface area contributed by atoms with E-state index in [1.54, 1.807) is 11.8 Å². The first-order valence-corrected chi connectivity index (χ1v) is 6.67. The van der Waals surface area contributed by atoms with Gasteiger partial charge in [-0.3, -0.25) is 0 Å². The molecule has 0 aliphatic heterocycles. The third kappa shape index (κ3) is 4.06. The molecule has 82 valence electrons. The van der Waals surface area contributed by atoms with E-state index >= 15 is 0 Å². The maximum absolute atomic E-state index is 9.73. The van der Waals surface area contributed by atoms with Crippen molar-refractivity contribution in [1.29, 1.82) is 0 Å². The summed E-state index contributed by atoms with van der Waals surface area (Å²) in [7, 11) is 0. The molecular formula is C12H15ClOS. The number of aliphatic hydroxyl groups excluding tert-OH is 1. The second-order valence-corrected chi connectivity index (χ2v) is 5.63. The number of aliphatic hydroxyl groups is 1. The molecule has 3 heteroatoms. The molecule has 1 saturated carbocycles. The normalized spacial score (nSPS) is 17.7. The Labute approximate surface area is 99.8 Å². The van der Waals surface area contributed by atoms with Gasteiger partial charge in [-0.05, 0) is 36.6 Å². The van der Waals surface area contributed by atoms with Crippen LogP contribution in [0.15, 0.2) is 29.2 Å². The van der Waals surface area contributed by atoms with Crippen LogP contribution in [-0.2, 0) is 0 Å². The minimum atomic E-state index is -0.154. The van der Waals surface area contributed by atoms with Gasteiger partial charge in [0.2, 0.25) is 0 Å². The summed E-state index contributed by atoms with van der Waals surface area (Å²) < 4.78 is 0. The first-order valence-electron chi connectivity index (χ1n) is 5.30. The molecule has 0 heterocycles. The van der Waals surface area contributed by atoms with Crippen LogP contribution in [0, 0.1) is 5.92 Å². The molecule has 1 aromatic rings. The molecule has 1 fully saturated rings. The van der Waals surface area contributed by atoms with E-state index in [0.29, 0.717) is 0 Å². The minimum Gasteiger partial charge on any atom is -0.392 e. The summed E-state index contributed by atoms with van der Waals surface area (Å²) in [6.07, 6.45) is 3.43. The molecule has 0 aromatic heterocycles. The number of hydrogen-bond acceptors (Lipinski definition) is 2. The lowest BCUT2D eigenvalue weighted by Gasteiger charge is -2.09. The smallest absolute Gasteiger partial charge is 0.0636 e. The van der Waals surface area contributed by atoms with Gasteiger partial charge in [0.05, 0.1) is 6.10 Å². The highest BCUT2D eigenvalue weighted by molar-refractivity contribution is 7.99. The van der Waals surface area contributed by atoms with E-state index < -0.39 is 0 Å². The van der Waals surface area contributed by atoms with Crippen LogP contribution in [0.4, 0.5) is 0 Å². The van der Waals surface area contributed by atoms with E-state index in [1.165, 1.54) is 17.7 Å². The number of rotatable bonds is 5. The largest absolute Gasteiger partial charge is 0.392 e. The van der Waals surface area contributed by atoms with Crippen molar-refractivity contribution in [2.45, 2.75) is 30.3 Å². The molecule has 0 spiro atoms. The van der Waals surface area contributed by atoms with Crippen LogP contribution in [-0.4, -0.2) is 17.0 Å². The quantitative estimate of drug-likeness (QED) is 0.797. The Bertz CT molecular complexity index is 308. The lowest BCUT2D eigenvalue weighted by atomic mass is 10.2. The Morgan fingerprint density at radius 2 is 2.00 bits per heavy atom. The monoisotopic (exact) mass is 242 g/mol. The molecule has 0 saturated heterocycles. The maximum Gasteiger partial charge on any atom is 0.0636 e. The molecular weight excluding hydrogens is 228 g/mol. The topological polar surface area (TPSA) is 20.2 Å². The molecule has 0 radical (unpaired) electrons. The summed E-state index contributed by atoms with van der Waals surface area (Å²) in [5, 5.41) is 10.5.